The van der Waals surface area contributed by atoms with Crippen molar-refractivity contribution in [2.24, 2.45) is 10.4 Å². The molecule has 1 rings (SSSR count). The van der Waals surface area contributed by atoms with Crippen molar-refractivity contribution in [1.82, 2.24) is 4.90 Å². The zero-order chi connectivity index (χ0) is 11.3. The number of hydrogen-bond acceptors (Lipinski definition) is 3. The van der Waals surface area contributed by atoms with Gasteiger partial charge in [0.1, 0.15) is 0 Å². The molecule has 1 fully saturated rings. The smallest absolute Gasteiger partial charge is 0.208 e. The van der Waals surface area contributed by atoms with Crippen LogP contribution in [0.4, 0.5) is 0 Å². The molecule has 0 amide bonds. The number of amidine groups is 1. The quantitative estimate of drug-likeness (QED) is 0.412. The largest absolute Gasteiger partial charge is 0.350 e. The van der Waals surface area contributed by atoms with Gasteiger partial charge in [-0.1, -0.05) is 25.6 Å². The van der Waals surface area contributed by atoms with Crippen LogP contribution in [0.15, 0.2) is 4.99 Å². The van der Waals surface area contributed by atoms with Crippen LogP contribution in [0.2, 0.25) is 0 Å². The van der Waals surface area contributed by atoms with Crippen LogP contribution in [0.25, 0.3) is 0 Å². The summed E-state index contributed by atoms with van der Waals surface area (Å²) in [6, 6.07) is 0. The molecule has 0 aliphatic carbocycles. The van der Waals surface area contributed by atoms with E-state index in [-0.39, 0.29) is 0 Å². The summed E-state index contributed by atoms with van der Waals surface area (Å²) in [7, 11) is 0. The first-order chi connectivity index (χ1) is 7.21. The van der Waals surface area contributed by atoms with Gasteiger partial charge in [-0.3, -0.25) is 0 Å². The van der Waals surface area contributed by atoms with Crippen LogP contribution in [0.5, 0.6) is 0 Å². The highest BCUT2D eigenvalue weighted by Crippen LogP contribution is 2.37. The normalized spacial score (nSPS) is 20.4. The summed E-state index contributed by atoms with van der Waals surface area (Å²) in [5.74, 6) is 0. The van der Waals surface area contributed by atoms with E-state index in [4.69, 9.17) is 5.26 Å². The number of nitriles is 1. The minimum absolute atomic E-state index is 0.450. The van der Waals surface area contributed by atoms with Gasteiger partial charge in [0.2, 0.25) is 6.19 Å². The molecule has 1 heterocycles. The summed E-state index contributed by atoms with van der Waals surface area (Å²) in [5, 5.41) is 9.47. The lowest BCUT2D eigenvalue weighted by molar-refractivity contribution is 0.279. The van der Waals surface area contributed by atoms with Gasteiger partial charge in [0, 0.05) is 13.1 Å². The van der Waals surface area contributed by atoms with Crippen molar-refractivity contribution >= 4 is 16.9 Å². The lowest BCUT2D eigenvalue weighted by atomic mass is 9.82. The minimum atomic E-state index is 0.450. The zero-order valence-corrected chi connectivity index (χ0v) is 10.6. The Morgan fingerprint density at radius 2 is 2.20 bits per heavy atom. The predicted octanol–water partition coefficient (Wildman–Crippen LogP) is 2.70. The molecule has 0 bridgehead atoms. The second kappa shape index (κ2) is 5.41. The summed E-state index contributed by atoms with van der Waals surface area (Å²) in [4.78, 5) is 6.12. The van der Waals surface area contributed by atoms with Crippen LogP contribution < -0.4 is 0 Å². The number of aliphatic imine (C=N–C) groups is 1. The van der Waals surface area contributed by atoms with E-state index in [1.165, 1.54) is 19.3 Å². The van der Waals surface area contributed by atoms with Gasteiger partial charge in [0.15, 0.2) is 5.17 Å². The number of likely N-dealkylation sites (tertiary alicyclic amines) is 1. The summed E-state index contributed by atoms with van der Waals surface area (Å²) in [6.07, 6.45) is 7.52. The standard InChI is InChI=1S/C11H19N3S/c1-4-11(5-2)6-7-14(8-11)10(15-3)13-9-12/h4-8H2,1-3H3. The first kappa shape index (κ1) is 12.4. The number of nitrogens with zero attached hydrogens (tertiary/aromatic N) is 3. The second-order valence-electron chi connectivity index (χ2n) is 4.08. The SMILES string of the molecule is CCC1(CC)CCN(C(=NC#N)SC)C1. The van der Waals surface area contributed by atoms with E-state index in [9.17, 15) is 0 Å². The molecule has 0 atom stereocenters. The fourth-order valence-corrected chi connectivity index (χ4v) is 2.76. The van der Waals surface area contributed by atoms with Crippen molar-refractivity contribution in [3.8, 4) is 6.19 Å². The molecule has 0 aromatic carbocycles. The molecule has 0 unspecified atom stereocenters. The topological polar surface area (TPSA) is 39.4 Å². The van der Waals surface area contributed by atoms with Crippen LogP contribution in [-0.4, -0.2) is 29.4 Å². The van der Waals surface area contributed by atoms with Crippen molar-refractivity contribution in [2.45, 2.75) is 33.1 Å². The van der Waals surface area contributed by atoms with Crippen molar-refractivity contribution in [3.05, 3.63) is 0 Å². The molecule has 1 aliphatic rings. The molecule has 0 aromatic heterocycles. The van der Waals surface area contributed by atoms with Crippen molar-refractivity contribution in [3.63, 3.8) is 0 Å². The Hall–Kier alpha value is -0.690. The van der Waals surface area contributed by atoms with Gasteiger partial charge in [0.05, 0.1) is 0 Å². The van der Waals surface area contributed by atoms with Gasteiger partial charge >= 0.3 is 0 Å². The number of thioether (sulfide) groups is 1. The molecule has 0 aromatic rings. The Morgan fingerprint density at radius 3 is 2.60 bits per heavy atom. The van der Waals surface area contributed by atoms with Crippen molar-refractivity contribution in [1.29, 1.82) is 5.26 Å². The first-order valence-electron chi connectivity index (χ1n) is 5.47. The lowest BCUT2D eigenvalue weighted by Gasteiger charge is -2.26. The molecule has 0 saturated carbocycles. The van der Waals surface area contributed by atoms with Gasteiger partial charge in [-0.05, 0) is 30.9 Å². The Balaban J connectivity index is 2.70. The van der Waals surface area contributed by atoms with Gasteiger partial charge < -0.3 is 4.90 Å². The molecule has 0 spiro atoms. The van der Waals surface area contributed by atoms with Crippen LogP contribution >= 0.6 is 11.8 Å². The average Bonchev–Trinajstić information content (AvgIpc) is 2.71. The Labute approximate surface area is 96.6 Å². The summed E-state index contributed by atoms with van der Waals surface area (Å²) in [6.45, 7) is 6.62. The van der Waals surface area contributed by atoms with E-state index in [0.717, 1.165) is 18.3 Å². The number of rotatable bonds is 2. The first-order valence-corrected chi connectivity index (χ1v) is 6.69. The molecule has 1 aliphatic heterocycles. The van der Waals surface area contributed by atoms with Gasteiger partial charge in [-0.25, -0.2) is 0 Å². The molecule has 0 N–H and O–H groups in total. The fourth-order valence-electron chi connectivity index (χ4n) is 2.21. The minimum Gasteiger partial charge on any atom is -0.350 e. The van der Waals surface area contributed by atoms with Crippen LogP contribution in [0.3, 0.4) is 0 Å². The highest BCUT2D eigenvalue weighted by Gasteiger charge is 2.36. The van der Waals surface area contributed by atoms with E-state index in [0.29, 0.717) is 5.41 Å². The molecule has 4 heteroatoms. The third-order valence-corrected chi connectivity index (χ3v) is 4.25. The van der Waals surface area contributed by atoms with Gasteiger partial charge in [-0.2, -0.15) is 5.26 Å². The third kappa shape index (κ3) is 2.66. The maximum atomic E-state index is 8.60. The van der Waals surface area contributed by atoms with E-state index >= 15 is 0 Å². The van der Waals surface area contributed by atoms with Gasteiger partial charge in [-0.15, -0.1) is 4.99 Å². The summed E-state index contributed by atoms with van der Waals surface area (Å²) >= 11 is 1.57. The van der Waals surface area contributed by atoms with Crippen molar-refractivity contribution in [2.75, 3.05) is 19.3 Å². The van der Waals surface area contributed by atoms with Crippen LogP contribution in [-0.2, 0) is 0 Å². The summed E-state index contributed by atoms with van der Waals surface area (Å²) in [5.41, 5.74) is 0.450. The molecule has 84 valence electrons. The second-order valence-corrected chi connectivity index (χ2v) is 4.85. The monoisotopic (exact) mass is 225 g/mol. The van der Waals surface area contributed by atoms with Crippen molar-refractivity contribution < 1.29 is 0 Å². The fraction of sp³-hybridized carbons (Fsp3) is 0.818. The van der Waals surface area contributed by atoms with E-state index in [1.54, 1.807) is 11.8 Å². The third-order valence-electron chi connectivity index (χ3n) is 3.54. The molecule has 15 heavy (non-hydrogen) atoms. The highest BCUT2D eigenvalue weighted by atomic mass is 32.2. The highest BCUT2D eigenvalue weighted by molar-refractivity contribution is 8.13. The summed E-state index contributed by atoms with van der Waals surface area (Å²) < 4.78 is 0. The lowest BCUT2D eigenvalue weighted by Crippen LogP contribution is -2.29. The Kier molecular flexibility index (Phi) is 4.46. The Bertz CT molecular complexity index is 276. The van der Waals surface area contributed by atoms with Gasteiger partial charge in [0.25, 0.3) is 0 Å². The molecular weight excluding hydrogens is 206 g/mol. The molecular formula is C11H19N3S. The average molecular weight is 225 g/mol. The van der Waals surface area contributed by atoms with E-state index < -0.39 is 0 Å². The predicted molar refractivity (Wildman–Crippen MR) is 65.8 cm³/mol. The van der Waals surface area contributed by atoms with E-state index in [2.05, 4.69) is 23.7 Å². The van der Waals surface area contributed by atoms with Crippen LogP contribution in [0, 0.1) is 16.9 Å². The van der Waals surface area contributed by atoms with E-state index in [1.807, 2.05) is 12.4 Å². The van der Waals surface area contributed by atoms with Crippen LogP contribution in [0.1, 0.15) is 33.1 Å². The molecule has 0 radical (unpaired) electrons. The Morgan fingerprint density at radius 1 is 1.53 bits per heavy atom. The maximum absolute atomic E-state index is 8.60. The number of hydrogen-bond donors (Lipinski definition) is 0. The zero-order valence-electron chi connectivity index (χ0n) is 9.79. The maximum Gasteiger partial charge on any atom is 0.208 e. The molecule has 3 nitrogen and oxygen atoms in total. The molecule has 1 saturated heterocycles.